The van der Waals surface area contributed by atoms with Gasteiger partial charge in [-0.3, -0.25) is 4.79 Å². The number of benzene rings is 2. The molecule has 2 aliphatic rings. The van der Waals surface area contributed by atoms with Crippen molar-refractivity contribution in [3.8, 4) is 0 Å². The molecule has 0 saturated carbocycles. The number of nitrogens with zero attached hydrogens (tertiary/aromatic N) is 2. The Morgan fingerprint density at radius 3 is 2.58 bits per heavy atom. The molecule has 0 amide bonds. The van der Waals surface area contributed by atoms with Gasteiger partial charge in [0.25, 0.3) is 0 Å². The van der Waals surface area contributed by atoms with Crippen molar-refractivity contribution in [2.75, 3.05) is 6.61 Å². The summed E-state index contributed by atoms with van der Waals surface area (Å²) in [5.41, 5.74) is 3.28. The third-order valence-electron chi connectivity index (χ3n) is 5.20. The zero-order valence-corrected chi connectivity index (χ0v) is 14.9. The molecule has 6 heteroatoms. The Morgan fingerprint density at radius 1 is 1.04 bits per heavy atom. The lowest BCUT2D eigenvalue weighted by atomic mass is 10.0. The Balaban J connectivity index is 1.65. The number of hydrogen-bond donors (Lipinski definition) is 0. The number of rotatable bonds is 3. The lowest BCUT2D eigenvalue weighted by Gasteiger charge is -2.28. The number of carbonyl (C=O) groups excluding carboxylic acids is 1. The van der Waals surface area contributed by atoms with E-state index >= 15 is 0 Å². The zero-order chi connectivity index (χ0) is 17.7. The predicted molar refractivity (Wildman–Crippen MR) is 99.6 cm³/mol. The van der Waals surface area contributed by atoms with E-state index in [1.165, 1.54) is 5.56 Å². The summed E-state index contributed by atoms with van der Waals surface area (Å²) in [6, 6.07) is 18.3. The molecule has 1 aromatic heterocycles. The molecule has 2 fully saturated rings. The minimum absolute atomic E-state index is 0.00876. The van der Waals surface area contributed by atoms with Crippen LogP contribution in [0.4, 0.5) is 0 Å². The summed E-state index contributed by atoms with van der Waals surface area (Å²) in [6.45, 7) is 1.12. The number of hydrogen-bond acceptors (Lipinski definition) is 4. The fourth-order valence-electron chi connectivity index (χ4n) is 3.95. The van der Waals surface area contributed by atoms with E-state index in [4.69, 9.17) is 21.7 Å². The van der Waals surface area contributed by atoms with Crippen LogP contribution in [0.25, 0.3) is 11.0 Å². The highest BCUT2D eigenvalue weighted by molar-refractivity contribution is 7.71. The molecule has 0 spiro atoms. The number of fused-ring (bicyclic) bond motifs is 3. The molecule has 3 aromatic rings. The van der Waals surface area contributed by atoms with Crippen molar-refractivity contribution in [3.63, 3.8) is 0 Å². The van der Waals surface area contributed by atoms with Gasteiger partial charge in [0.2, 0.25) is 6.29 Å². The molecule has 2 aromatic carbocycles. The molecule has 132 valence electrons. The molecule has 5 nitrogen and oxygen atoms in total. The second-order valence-corrected chi connectivity index (χ2v) is 7.16. The van der Waals surface area contributed by atoms with Gasteiger partial charge >= 0.3 is 0 Å². The smallest absolute Gasteiger partial charge is 0.218 e. The van der Waals surface area contributed by atoms with Crippen LogP contribution in [0.5, 0.6) is 0 Å². The fraction of sp³-hybridized carbons (Fsp3) is 0.300. The van der Waals surface area contributed by atoms with Crippen LogP contribution in [0.2, 0.25) is 0 Å². The van der Waals surface area contributed by atoms with Crippen molar-refractivity contribution < 1.29 is 14.3 Å². The highest BCUT2D eigenvalue weighted by Gasteiger charge is 2.44. The molecule has 2 saturated heterocycles. The number of imidazole rings is 1. The van der Waals surface area contributed by atoms with Crippen LogP contribution < -0.4 is 0 Å². The van der Waals surface area contributed by atoms with E-state index in [0.717, 1.165) is 11.0 Å². The average Bonchev–Trinajstić information content (AvgIpc) is 3.21. The van der Waals surface area contributed by atoms with Gasteiger partial charge in [-0.05, 0) is 29.9 Å². The normalized spacial score (nSPS) is 25.1. The van der Waals surface area contributed by atoms with Crippen molar-refractivity contribution in [1.82, 2.24) is 9.13 Å². The molecule has 2 bridgehead atoms. The summed E-state index contributed by atoms with van der Waals surface area (Å²) in [5, 5.41) is 0. The Bertz CT molecular complexity index is 1040. The van der Waals surface area contributed by atoms with E-state index in [-0.39, 0.29) is 17.9 Å². The van der Waals surface area contributed by atoms with Crippen LogP contribution in [0.15, 0.2) is 54.6 Å². The number of ether oxygens (including phenoxy) is 2. The molecule has 0 radical (unpaired) electrons. The lowest BCUT2D eigenvalue weighted by molar-refractivity contribution is -0.156. The highest BCUT2D eigenvalue weighted by atomic mass is 32.1. The minimum Gasteiger partial charge on any atom is -0.343 e. The summed E-state index contributed by atoms with van der Waals surface area (Å²) in [7, 11) is 0. The lowest BCUT2D eigenvalue weighted by Crippen LogP contribution is -2.37. The second kappa shape index (κ2) is 6.16. The predicted octanol–water partition coefficient (Wildman–Crippen LogP) is 3.48. The van der Waals surface area contributed by atoms with Crippen LogP contribution in [0, 0.1) is 4.77 Å². The second-order valence-electron chi connectivity index (χ2n) is 6.79. The van der Waals surface area contributed by atoms with Crippen molar-refractivity contribution >= 4 is 29.0 Å². The van der Waals surface area contributed by atoms with Crippen LogP contribution in [-0.2, 0) is 20.8 Å². The first-order chi connectivity index (χ1) is 12.7. The molecule has 3 heterocycles. The number of ketones is 1. The van der Waals surface area contributed by atoms with E-state index in [1.807, 2.05) is 30.3 Å². The minimum atomic E-state index is -0.692. The van der Waals surface area contributed by atoms with Gasteiger partial charge in [0.1, 0.15) is 6.10 Å². The summed E-state index contributed by atoms with van der Waals surface area (Å²) < 4.78 is 16.2. The first-order valence-electron chi connectivity index (χ1n) is 8.76. The number of aromatic nitrogens is 2. The van der Waals surface area contributed by atoms with Gasteiger partial charge in [-0.15, -0.1) is 0 Å². The quantitative estimate of drug-likeness (QED) is 0.666. The number of carbonyl (C=O) groups is 1. The van der Waals surface area contributed by atoms with Crippen molar-refractivity contribution in [2.24, 2.45) is 0 Å². The van der Waals surface area contributed by atoms with E-state index in [9.17, 15) is 4.79 Å². The Hall–Kier alpha value is -2.28. The van der Waals surface area contributed by atoms with Crippen LogP contribution in [0.3, 0.4) is 0 Å². The van der Waals surface area contributed by atoms with Crippen molar-refractivity contribution in [2.45, 2.75) is 31.4 Å². The molecule has 2 aliphatic heterocycles. The summed E-state index contributed by atoms with van der Waals surface area (Å²) in [4.78, 5) is 12.3. The molecule has 0 N–H and O–H groups in total. The van der Waals surface area contributed by atoms with Gasteiger partial charge in [0.15, 0.2) is 10.6 Å². The van der Waals surface area contributed by atoms with E-state index < -0.39 is 6.29 Å². The van der Waals surface area contributed by atoms with Crippen LogP contribution >= 0.6 is 12.2 Å². The molecule has 0 unspecified atom stereocenters. The monoisotopic (exact) mass is 366 g/mol. The maximum atomic E-state index is 12.3. The number of para-hydroxylation sites is 2. The maximum absolute atomic E-state index is 12.3. The van der Waals surface area contributed by atoms with Crippen LogP contribution in [-0.4, -0.2) is 33.9 Å². The van der Waals surface area contributed by atoms with Gasteiger partial charge in [-0.2, -0.15) is 0 Å². The molecule has 5 rings (SSSR count). The largest absolute Gasteiger partial charge is 0.343 e. The van der Waals surface area contributed by atoms with E-state index in [0.29, 0.717) is 24.3 Å². The van der Waals surface area contributed by atoms with Gasteiger partial charge in [-0.1, -0.05) is 42.5 Å². The van der Waals surface area contributed by atoms with Gasteiger partial charge in [0, 0.05) is 6.42 Å². The molecule has 3 atom stereocenters. The summed E-state index contributed by atoms with van der Waals surface area (Å²) in [6.07, 6.45) is -0.438. The third kappa shape index (κ3) is 2.45. The van der Waals surface area contributed by atoms with Gasteiger partial charge in [-0.25, -0.2) is 0 Å². The maximum Gasteiger partial charge on any atom is 0.218 e. The standard InChI is InChI=1S/C20H18N2O3S/c23-17-10-16(18-12-24-19(17)25-18)22-15-9-5-4-8-14(15)21(20(22)26)11-13-6-2-1-3-7-13/h1-9,16,18-19H,10-12H2/t16-,18+,19+/m0/s1. The molecular weight excluding hydrogens is 348 g/mol. The highest BCUT2D eigenvalue weighted by Crippen LogP contribution is 2.36. The van der Waals surface area contributed by atoms with E-state index in [1.54, 1.807) is 0 Å². The summed E-state index contributed by atoms with van der Waals surface area (Å²) in [5.74, 6) is -0.00876. The molecule has 0 aliphatic carbocycles. The molecule has 26 heavy (non-hydrogen) atoms. The zero-order valence-electron chi connectivity index (χ0n) is 14.1. The third-order valence-corrected chi connectivity index (χ3v) is 5.61. The number of Topliss-reactive ketones (excluding diaryl/α,β-unsaturated/α-hetero) is 1. The average molecular weight is 366 g/mol. The Kier molecular flexibility index (Phi) is 3.77. The van der Waals surface area contributed by atoms with E-state index in [2.05, 4.69) is 33.4 Å². The Morgan fingerprint density at radius 2 is 1.77 bits per heavy atom. The first-order valence-corrected chi connectivity index (χ1v) is 9.16. The summed E-state index contributed by atoms with van der Waals surface area (Å²) >= 11 is 5.84. The van der Waals surface area contributed by atoms with Gasteiger partial charge in [0.05, 0.1) is 30.2 Å². The fourth-order valence-corrected chi connectivity index (χ4v) is 4.35. The topological polar surface area (TPSA) is 45.4 Å². The van der Waals surface area contributed by atoms with Crippen LogP contribution in [0.1, 0.15) is 18.0 Å². The van der Waals surface area contributed by atoms with Crippen molar-refractivity contribution in [1.29, 1.82) is 0 Å². The Labute approximate surface area is 155 Å². The molecular formula is C20H18N2O3S. The SMILES string of the molecule is O=C1C[C@H](n2c(=S)n(Cc3ccccc3)c3ccccc32)[C@H]2CO[C@@H]1O2. The van der Waals surface area contributed by atoms with Crippen molar-refractivity contribution in [3.05, 3.63) is 64.9 Å². The van der Waals surface area contributed by atoms with Gasteiger partial charge < -0.3 is 18.6 Å². The first kappa shape index (κ1) is 15.9.